The van der Waals surface area contributed by atoms with Crippen LogP contribution in [0.15, 0.2) is 17.5 Å². The Hall–Kier alpha value is -0.420. The maximum atomic E-state index is 6.03. The number of nitrogens with two attached hydrogens (primary N) is 1. The lowest BCUT2D eigenvalue weighted by Gasteiger charge is -2.37. The first-order valence-electron chi connectivity index (χ1n) is 6.78. The molecule has 18 heavy (non-hydrogen) atoms. The van der Waals surface area contributed by atoms with Crippen LogP contribution in [0.4, 0.5) is 0 Å². The molecule has 2 unspecified atom stereocenters. The molecule has 2 N–H and O–H groups in total. The summed E-state index contributed by atoms with van der Waals surface area (Å²) in [6.07, 6.45) is 1.15. The number of nitrogens with zero attached hydrogens (tertiary/aromatic N) is 1. The molecule has 1 fully saturated rings. The zero-order chi connectivity index (χ0) is 13.0. The van der Waals surface area contributed by atoms with E-state index in [-0.39, 0.29) is 0 Å². The van der Waals surface area contributed by atoms with Crippen molar-refractivity contribution < 1.29 is 4.74 Å². The first-order chi connectivity index (χ1) is 8.72. The van der Waals surface area contributed by atoms with E-state index in [0.717, 1.165) is 32.7 Å². The lowest BCUT2D eigenvalue weighted by molar-refractivity contribution is 0.0912. The topological polar surface area (TPSA) is 38.5 Å². The van der Waals surface area contributed by atoms with Crippen LogP contribution >= 0.6 is 11.3 Å². The number of rotatable bonds is 6. The summed E-state index contributed by atoms with van der Waals surface area (Å²) in [4.78, 5) is 3.95. The molecule has 2 atom stereocenters. The molecule has 2 heterocycles. The average Bonchev–Trinajstić information content (AvgIpc) is 3.00. The van der Waals surface area contributed by atoms with E-state index in [1.54, 1.807) is 0 Å². The third kappa shape index (κ3) is 3.32. The van der Waals surface area contributed by atoms with Gasteiger partial charge in [0, 0.05) is 42.6 Å². The van der Waals surface area contributed by atoms with Crippen LogP contribution in [-0.2, 0) is 11.3 Å². The molecule has 0 aromatic carbocycles. The van der Waals surface area contributed by atoms with Crippen molar-refractivity contribution in [1.29, 1.82) is 0 Å². The minimum Gasteiger partial charge on any atom is -0.381 e. The standard InChI is InChI=1S/C14H24N2OS/c1-11(2)16(9-13-4-3-7-18-13)14(8-15)12-5-6-17-10-12/h3-4,7,11-12,14H,5-6,8-10,15H2,1-2H3. The van der Waals surface area contributed by atoms with Gasteiger partial charge in [-0.05, 0) is 31.7 Å². The molecule has 0 radical (unpaired) electrons. The van der Waals surface area contributed by atoms with Gasteiger partial charge in [0.05, 0.1) is 6.61 Å². The third-order valence-electron chi connectivity index (χ3n) is 3.76. The third-order valence-corrected chi connectivity index (χ3v) is 4.62. The van der Waals surface area contributed by atoms with Gasteiger partial charge in [0.2, 0.25) is 0 Å². The fourth-order valence-corrected chi connectivity index (χ4v) is 3.43. The molecule has 0 saturated carbocycles. The predicted molar refractivity (Wildman–Crippen MR) is 76.8 cm³/mol. The highest BCUT2D eigenvalue weighted by molar-refractivity contribution is 7.09. The maximum Gasteiger partial charge on any atom is 0.0510 e. The normalized spacial score (nSPS) is 21.9. The van der Waals surface area contributed by atoms with Gasteiger partial charge in [0.15, 0.2) is 0 Å². The second kappa shape index (κ2) is 6.66. The van der Waals surface area contributed by atoms with Gasteiger partial charge < -0.3 is 10.5 Å². The van der Waals surface area contributed by atoms with E-state index in [9.17, 15) is 0 Å². The zero-order valence-corrected chi connectivity index (χ0v) is 12.2. The summed E-state index contributed by atoms with van der Waals surface area (Å²) in [7, 11) is 0. The van der Waals surface area contributed by atoms with Gasteiger partial charge >= 0.3 is 0 Å². The fourth-order valence-electron chi connectivity index (χ4n) is 2.72. The Balaban J connectivity index is 2.06. The summed E-state index contributed by atoms with van der Waals surface area (Å²) in [5, 5.41) is 2.14. The molecular weight excluding hydrogens is 244 g/mol. The lowest BCUT2D eigenvalue weighted by atomic mass is 9.96. The van der Waals surface area contributed by atoms with E-state index < -0.39 is 0 Å². The Morgan fingerprint density at radius 1 is 1.56 bits per heavy atom. The van der Waals surface area contributed by atoms with Crippen LogP contribution in [0, 0.1) is 5.92 Å². The van der Waals surface area contributed by atoms with Crippen molar-refractivity contribution in [2.24, 2.45) is 11.7 Å². The smallest absolute Gasteiger partial charge is 0.0510 e. The largest absolute Gasteiger partial charge is 0.381 e. The number of hydrogen-bond acceptors (Lipinski definition) is 4. The zero-order valence-electron chi connectivity index (χ0n) is 11.3. The second-order valence-corrected chi connectivity index (χ2v) is 6.30. The lowest BCUT2D eigenvalue weighted by Crippen LogP contribution is -2.48. The van der Waals surface area contributed by atoms with Crippen molar-refractivity contribution in [3.8, 4) is 0 Å². The van der Waals surface area contributed by atoms with Gasteiger partial charge in [-0.25, -0.2) is 0 Å². The molecular formula is C14H24N2OS. The number of hydrogen-bond donors (Lipinski definition) is 1. The van der Waals surface area contributed by atoms with Crippen molar-refractivity contribution in [1.82, 2.24) is 4.90 Å². The summed E-state index contributed by atoms with van der Waals surface area (Å²) in [5.74, 6) is 0.595. The molecule has 1 aliphatic heterocycles. The van der Waals surface area contributed by atoms with Crippen LogP contribution in [0.25, 0.3) is 0 Å². The Morgan fingerprint density at radius 2 is 2.39 bits per heavy atom. The molecule has 4 heteroatoms. The second-order valence-electron chi connectivity index (χ2n) is 5.27. The van der Waals surface area contributed by atoms with Crippen LogP contribution in [0.3, 0.4) is 0 Å². The predicted octanol–water partition coefficient (Wildman–Crippen LogP) is 2.32. The molecule has 0 spiro atoms. The average molecular weight is 268 g/mol. The summed E-state index contributed by atoms with van der Waals surface area (Å²) in [6.45, 7) is 8.01. The Kier molecular flexibility index (Phi) is 5.18. The van der Waals surface area contributed by atoms with Gasteiger partial charge in [0.25, 0.3) is 0 Å². The molecule has 3 nitrogen and oxygen atoms in total. The fraction of sp³-hybridized carbons (Fsp3) is 0.714. The first-order valence-corrected chi connectivity index (χ1v) is 7.66. The van der Waals surface area contributed by atoms with Crippen LogP contribution in [0.2, 0.25) is 0 Å². The highest BCUT2D eigenvalue weighted by Gasteiger charge is 2.31. The van der Waals surface area contributed by atoms with Crippen molar-refractivity contribution in [3.63, 3.8) is 0 Å². The molecule has 0 bridgehead atoms. The molecule has 1 aromatic rings. The van der Waals surface area contributed by atoms with E-state index in [1.165, 1.54) is 4.88 Å². The van der Waals surface area contributed by atoms with Gasteiger partial charge in [-0.15, -0.1) is 11.3 Å². The van der Waals surface area contributed by atoms with Gasteiger partial charge in [-0.2, -0.15) is 0 Å². The molecule has 102 valence electrons. The van der Waals surface area contributed by atoms with E-state index >= 15 is 0 Å². The van der Waals surface area contributed by atoms with Crippen LogP contribution in [0.5, 0.6) is 0 Å². The molecule has 2 rings (SSSR count). The van der Waals surface area contributed by atoms with Crippen molar-refractivity contribution in [3.05, 3.63) is 22.4 Å². The summed E-state index contributed by atoms with van der Waals surface area (Å²) < 4.78 is 5.53. The van der Waals surface area contributed by atoms with Gasteiger partial charge in [-0.3, -0.25) is 4.90 Å². The Morgan fingerprint density at radius 3 is 2.89 bits per heavy atom. The van der Waals surface area contributed by atoms with E-state index in [1.807, 2.05) is 11.3 Å². The first kappa shape index (κ1) is 14.0. The molecule has 0 aliphatic carbocycles. The quantitative estimate of drug-likeness (QED) is 0.860. The summed E-state index contributed by atoms with van der Waals surface area (Å²) in [6, 6.07) is 5.28. The van der Waals surface area contributed by atoms with E-state index in [4.69, 9.17) is 10.5 Å². The van der Waals surface area contributed by atoms with Crippen molar-refractivity contribution in [2.45, 2.75) is 38.9 Å². The minimum absolute atomic E-state index is 0.439. The number of ether oxygens (including phenoxy) is 1. The van der Waals surface area contributed by atoms with Gasteiger partial charge in [-0.1, -0.05) is 6.07 Å². The minimum atomic E-state index is 0.439. The van der Waals surface area contributed by atoms with Crippen molar-refractivity contribution in [2.75, 3.05) is 19.8 Å². The van der Waals surface area contributed by atoms with E-state index in [2.05, 4.69) is 36.3 Å². The van der Waals surface area contributed by atoms with Crippen LogP contribution in [-0.4, -0.2) is 36.7 Å². The van der Waals surface area contributed by atoms with Gasteiger partial charge in [0.1, 0.15) is 0 Å². The SMILES string of the molecule is CC(C)N(Cc1cccs1)C(CN)C1CCOC1. The van der Waals surface area contributed by atoms with Crippen molar-refractivity contribution >= 4 is 11.3 Å². The monoisotopic (exact) mass is 268 g/mol. The Bertz CT molecular complexity index is 334. The maximum absolute atomic E-state index is 6.03. The molecule has 1 aliphatic rings. The molecule has 1 aromatic heterocycles. The summed E-state index contributed by atoms with van der Waals surface area (Å²) >= 11 is 1.83. The number of thiophene rings is 1. The highest BCUT2D eigenvalue weighted by atomic mass is 32.1. The highest BCUT2D eigenvalue weighted by Crippen LogP contribution is 2.25. The molecule has 0 amide bonds. The van der Waals surface area contributed by atoms with Crippen LogP contribution < -0.4 is 5.73 Å². The van der Waals surface area contributed by atoms with E-state index in [0.29, 0.717) is 18.0 Å². The molecule has 1 saturated heterocycles. The van der Waals surface area contributed by atoms with Crippen LogP contribution in [0.1, 0.15) is 25.1 Å². The summed E-state index contributed by atoms with van der Waals surface area (Å²) in [5.41, 5.74) is 6.03. The Labute approximate surface area is 114 Å².